The molecular weight excluding hydrogens is 617 g/mol. The Kier molecular flexibility index (Phi) is 6.47. The molecule has 0 spiro atoms. The van der Waals surface area contributed by atoms with Gasteiger partial charge in [-0.05, 0) is 103 Å². The third-order valence-corrected chi connectivity index (χ3v) is 11.1. The third-order valence-electron chi connectivity index (χ3n) is 11.1. The Labute approximate surface area is 298 Å². The molecule has 0 radical (unpaired) electrons. The molecule has 0 fully saturated rings. The van der Waals surface area contributed by atoms with Crippen molar-refractivity contribution in [2.24, 2.45) is 0 Å². The van der Waals surface area contributed by atoms with E-state index in [1.807, 2.05) is 0 Å². The molecule has 242 valence electrons. The van der Waals surface area contributed by atoms with E-state index in [1.54, 1.807) is 0 Å². The lowest BCUT2D eigenvalue weighted by Crippen LogP contribution is -2.14. The van der Waals surface area contributed by atoms with Crippen LogP contribution in [0.2, 0.25) is 0 Å². The molecule has 0 unspecified atom stereocenters. The second-order valence-electron chi connectivity index (χ2n) is 14.4. The van der Waals surface area contributed by atoms with Crippen molar-refractivity contribution in [3.8, 4) is 50.5 Å². The average Bonchev–Trinajstić information content (AvgIpc) is 3.67. The second kappa shape index (κ2) is 11.1. The predicted octanol–water partition coefficient (Wildman–Crippen LogP) is 12.9. The van der Waals surface area contributed by atoms with Gasteiger partial charge in [0, 0.05) is 16.7 Å². The van der Waals surface area contributed by atoms with Crippen LogP contribution in [0.1, 0.15) is 30.5 Å². The van der Waals surface area contributed by atoms with Crippen LogP contribution in [0.5, 0.6) is 0 Å². The highest BCUT2D eigenvalue weighted by molar-refractivity contribution is 6.21. The van der Waals surface area contributed by atoms with Crippen molar-refractivity contribution in [3.05, 3.63) is 180 Å². The highest BCUT2D eigenvalue weighted by atomic mass is 15.1. The molecule has 0 bridgehead atoms. The molecule has 2 nitrogen and oxygen atoms in total. The van der Waals surface area contributed by atoms with Gasteiger partial charge in [-0.2, -0.15) is 0 Å². The van der Waals surface area contributed by atoms with Crippen molar-refractivity contribution >= 4 is 32.6 Å². The minimum absolute atomic E-state index is 0.0216. The van der Waals surface area contributed by atoms with Crippen molar-refractivity contribution < 1.29 is 0 Å². The molecule has 2 heteroatoms. The van der Waals surface area contributed by atoms with E-state index in [2.05, 4.69) is 189 Å². The minimum Gasteiger partial charge on any atom is -0.292 e. The van der Waals surface area contributed by atoms with Crippen LogP contribution in [0.4, 0.5) is 0 Å². The summed E-state index contributed by atoms with van der Waals surface area (Å²) in [4.78, 5) is 5.13. The molecule has 1 aliphatic rings. The summed E-state index contributed by atoms with van der Waals surface area (Å²) in [5.74, 6) is 0.941. The molecule has 51 heavy (non-hydrogen) atoms. The maximum Gasteiger partial charge on any atom is 0.145 e. The fourth-order valence-electron chi connectivity index (χ4n) is 8.63. The standard InChI is InChI=1S/C49H36N2/c1-31-21-27-39-41(29-31)47(34-26-28-43-40(30-34)36-15-9-10-18-42(36)49(43,2)3)38-17-8-7-16-37(38)46(39)32-22-24-33(25-23-32)48-50-44-19-11-12-20-45(44)51(48)35-13-5-4-6-14-35/h4-30H,1-3H3. The number of benzene rings is 8. The molecule has 8 aromatic carbocycles. The molecule has 0 aliphatic heterocycles. The number of imidazole rings is 1. The van der Waals surface area contributed by atoms with Crippen molar-refractivity contribution in [2.75, 3.05) is 0 Å². The van der Waals surface area contributed by atoms with Crippen LogP contribution in [-0.2, 0) is 5.41 Å². The topological polar surface area (TPSA) is 17.8 Å². The zero-order valence-corrected chi connectivity index (χ0v) is 29.0. The van der Waals surface area contributed by atoms with E-state index in [0.717, 1.165) is 28.1 Å². The van der Waals surface area contributed by atoms with E-state index in [1.165, 1.54) is 71.6 Å². The van der Waals surface area contributed by atoms with Gasteiger partial charge in [0.25, 0.3) is 0 Å². The van der Waals surface area contributed by atoms with E-state index >= 15 is 0 Å². The Balaban J connectivity index is 1.17. The summed E-state index contributed by atoms with van der Waals surface area (Å²) in [5, 5.41) is 5.07. The number of rotatable bonds is 4. The highest BCUT2D eigenvalue weighted by Gasteiger charge is 2.35. The van der Waals surface area contributed by atoms with Gasteiger partial charge < -0.3 is 0 Å². The van der Waals surface area contributed by atoms with Crippen molar-refractivity contribution in [3.63, 3.8) is 0 Å². The van der Waals surface area contributed by atoms with E-state index in [4.69, 9.17) is 4.98 Å². The van der Waals surface area contributed by atoms with E-state index in [0.29, 0.717) is 0 Å². The van der Waals surface area contributed by atoms with Crippen LogP contribution < -0.4 is 0 Å². The first-order chi connectivity index (χ1) is 25.0. The van der Waals surface area contributed by atoms with Gasteiger partial charge in [-0.1, -0.05) is 153 Å². The van der Waals surface area contributed by atoms with Gasteiger partial charge in [0.2, 0.25) is 0 Å². The van der Waals surface area contributed by atoms with Gasteiger partial charge >= 0.3 is 0 Å². The van der Waals surface area contributed by atoms with E-state index in [9.17, 15) is 0 Å². The first-order valence-electron chi connectivity index (χ1n) is 17.8. The maximum atomic E-state index is 5.13. The van der Waals surface area contributed by atoms with E-state index in [-0.39, 0.29) is 5.41 Å². The first kappa shape index (κ1) is 29.6. The zero-order chi connectivity index (χ0) is 34.3. The predicted molar refractivity (Wildman–Crippen MR) is 215 cm³/mol. The quantitative estimate of drug-likeness (QED) is 0.173. The van der Waals surface area contributed by atoms with E-state index < -0.39 is 0 Å². The Morgan fingerprint density at radius 1 is 0.471 bits per heavy atom. The maximum absolute atomic E-state index is 5.13. The largest absolute Gasteiger partial charge is 0.292 e. The van der Waals surface area contributed by atoms with Gasteiger partial charge in [0.1, 0.15) is 5.82 Å². The van der Waals surface area contributed by atoms with Gasteiger partial charge in [-0.3, -0.25) is 4.57 Å². The second-order valence-corrected chi connectivity index (χ2v) is 14.4. The van der Waals surface area contributed by atoms with Crippen LogP contribution in [0.15, 0.2) is 164 Å². The summed E-state index contributed by atoms with van der Waals surface area (Å²) in [7, 11) is 0. The fraction of sp³-hybridized carbons (Fsp3) is 0.0816. The summed E-state index contributed by atoms with van der Waals surface area (Å²) in [5.41, 5.74) is 16.0. The molecule has 0 amide bonds. The van der Waals surface area contributed by atoms with Crippen LogP contribution in [0.25, 0.3) is 83.0 Å². The number of hydrogen-bond donors (Lipinski definition) is 0. The molecule has 1 heterocycles. The summed E-state index contributed by atoms with van der Waals surface area (Å²) in [6.07, 6.45) is 0. The number of aromatic nitrogens is 2. The minimum atomic E-state index is -0.0216. The number of fused-ring (bicyclic) bond motifs is 6. The Morgan fingerprint density at radius 3 is 1.88 bits per heavy atom. The third kappa shape index (κ3) is 4.46. The van der Waals surface area contributed by atoms with Gasteiger partial charge in [-0.15, -0.1) is 0 Å². The SMILES string of the molecule is Cc1ccc2c(-c3ccc(-c4nc5ccccc5n4-c4ccccc4)cc3)c3ccccc3c(-c3ccc4c(c3)-c3ccccc3C4(C)C)c2c1. The number of hydrogen-bond acceptors (Lipinski definition) is 1. The van der Waals surface area contributed by atoms with Crippen LogP contribution in [0, 0.1) is 6.92 Å². The van der Waals surface area contributed by atoms with Crippen molar-refractivity contribution in [2.45, 2.75) is 26.2 Å². The fourth-order valence-corrected chi connectivity index (χ4v) is 8.63. The van der Waals surface area contributed by atoms with Crippen LogP contribution in [-0.4, -0.2) is 9.55 Å². The lowest BCUT2D eigenvalue weighted by Gasteiger charge is -2.22. The highest BCUT2D eigenvalue weighted by Crippen LogP contribution is 2.51. The lowest BCUT2D eigenvalue weighted by atomic mass is 9.81. The van der Waals surface area contributed by atoms with Crippen molar-refractivity contribution in [1.82, 2.24) is 9.55 Å². The molecule has 0 N–H and O–H groups in total. The molecular formula is C49H36N2. The zero-order valence-electron chi connectivity index (χ0n) is 29.0. The molecule has 1 aromatic heterocycles. The Bertz CT molecular complexity index is 2820. The monoisotopic (exact) mass is 652 g/mol. The van der Waals surface area contributed by atoms with Crippen molar-refractivity contribution in [1.29, 1.82) is 0 Å². The Morgan fingerprint density at radius 2 is 1.08 bits per heavy atom. The first-order valence-corrected chi connectivity index (χ1v) is 17.8. The average molecular weight is 653 g/mol. The summed E-state index contributed by atoms with van der Waals surface area (Å²) in [6.45, 7) is 6.90. The normalized spacial score (nSPS) is 13.2. The molecule has 1 aliphatic carbocycles. The van der Waals surface area contributed by atoms with Gasteiger partial charge in [-0.25, -0.2) is 4.98 Å². The lowest BCUT2D eigenvalue weighted by molar-refractivity contribution is 0.660. The molecule has 9 aromatic rings. The van der Waals surface area contributed by atoms with Crippen LogP contribution >= 0.6 is 0 Å². The Hall–Kier alpha value is -6.25. The molecule has 0 atom stereocenters. The van der Waals surface area contributed by atoms with Crippen LogP contribution in [0.3, 0.4) is 0 Å². The summed E-state index contributed by atoms with van der Waals surface area (Å²) in [6, 6.07) is 59.9. The molecule has 10 rings (SSSR count). The molecule has 0 saturated heterocycles. The number of nitrogens with zero attached hydrogens (tertiary/aromatic N) is 2. The molecule has 0 saturated carbocycles. The smallest absolute Gasteiger partial charge is 0.145 e. The van der Waals surface area contributed by atoms with Gasteiger partial charge in [0.15, 0.2) is 0 Å². The number of aryl methyl sites for hydroxylation is 1. The summed E-state index contributed by atoms with van der Waals surface area (Å²) >= 11 is 0. The number of para-hydroxylation sites is 3. The van der Waals surface area contributed by atoms with Gasteiger partial charge in [0.05, 0.1) is 11.0 Å². The summed E-state index contributed by atoms with van der Waals surface area (Å²) < 4.78 is 2.27.